The van der Waals surface area contributed by atoms with Crippen molar-refractivity contribution >= 4 is 0 Å². The van der Waals surface area contributed by atoms with Gasteiger partial charge in [-0.3, -0.25) is 0 Å². The predicted molar refractivity (Wildman–Crippen MR) is 57.2 cm³/mol. The van der Waals surface area contributed by atoms with Crippen molar-refractivity contribution in [2.24, 2.45) is 11.7 Å². The molecule has 0 radical (unpaired) electrons. The topological polar surface area (TPSA) is 47.3 Å². The molecule has 3 heteroatoms. The summed E-state index contributed by atoms with van der Waals surface area (Å²) in [6.07, 6.45) is 6.23. The highest BCUT2D eigenvalue weighted by Crippen LogP contribution is 2.22. The molecule has 1 atom stereocenters. The van der Waals surface area contributed by atoms with E-state index in [-0.39, 0.29) is 0 Å². The Balaban J connectivity index is 1.60. The van der Waals surface area contributed by atoms with Crippen molar-refractivity contribution in [2.75, 3.05) is 19.8 Å². The maximum atomic E-state index is 5.87. The molecule has 0 aromatic rings. The van der Waals surface area contributed by atoms with E-state index < -0.39 is 0 Å². The molecule has 1 heterocycles. The van der Waals surface area contributed by atoms with Crippen molar-refractivity contribution in [1.82, 2.24) is 5.32 Å². The molecule has 2 rings (SSSR count). The van der Waals surface area contributed by atoms with Crippen LogP contribution in [0.1, 0.15) is 32.1 Å². The first-order valence-corrected chi connectivity index (χ1v) is 5.91. The largest absolute Gasteiger partial charge is 0.380 e. The van der Waals surface area contributed by atoms with E-state index in [1.165, 1.54) is 38.6 Å². The molecular weight excluding hydrogens is 176 g/mol. The third kappa shape index (κ3) is 2.94. The van der Waals surface area contributed by atoms with Crippen LogP contribution in [0.5, 0.6) is 0 Å². The van der Waals surface area contributed by atoms with Crippen LogP contribution in [-0.2, 0) is 4.74 Å². The SMILES string of the molecule is NC1CCC(CNC2CCOC2)CC1. The smallest absolute Gasteiger partial charge is 0.0620 e. The number of ether oxygens (including phenoxy) is 1. The molecule has 1 unspecified atom stereocenters. The molecule has 0 spiro atoms. The fraction of sp³-hybridized carbons (Fsp3) is 1.00. The third-order valence-corrected chi connectivity index (χ3v) is 3.52. The lowest BCUT2D eigenvalue weighted by Gasteiger charge is -2.27. The first-order valence-electron chi connectivity index (χ1n) is 5.91. The van der Waals surface area contributed by atoms with Crippen molar-refractivity contribution in [3.63, 3.8) is 0 Å². The molecule has 1 saturated carbocycles. The second-order valence-corrected chi connectivity index (χ2v) is 4.75. The lowest BCUT2D eigenvalue weighted by atomic mass is 9.86. The van der Waals surface area contributed by atoms with Crippen molar-refractivity contribution in [3.8, 4) is 0 Å². The van der Waals surface area contributed by atoms with E-state index in [0.717, 1.165) is 19.1 Å². The number of rotatable bonds is 3. The van der Waals surface area contributed by atoms with Gasteiger partial charge >= 0.3 is 0 Å². The van der Waals surface area contributed by atoms with Crippen LogP contribution < -0.4 is 11.1 Å². The van der Waals surface area contributed by atoms with Gasteiger partial charge in [0.2, 0.25) is 0 Å². The fourth-order valence-electron chi connectivity index (χ4n) is 2.42. The fourth-order valence-corrected chi connectivity index (χ4v) is 2.42. The molecular formula is C11H22N2O. The highest BCUT2D eigenvalue weighted by molar-refractivity contribution is 4.78. The highest BCUT2D eigenvalue weighted by atomic mass is 16.5. The maximum absolute atomic E-state index is 5.87. The van der Waals surface area contributed by atoms with Gasteiger partial charge in [-0.15, -0.1) is 0 Å². The minimum absolute atomic E-state index is 0.473. The Hall–Kier alpha value is -0.120. The van der Waals surface area contributed by atoms with Crippen LogP contribution in [0.2, 0.25) is 0 Å². The zero-order valence-corrected chi connectivity index (χ0v) is 8.87. The second-order valence-electron chi connectivity index (χ2n) is 4.75. The van der Waals surface area contributed by atoms with Crippen LogP contribution in [0.3, 0.4) is 0 Å². The van der Waals surface area contributed by atoms with Gasteiger partial charge in [-0.25, -0.2) is 0 Å². The number of hydrogen-bond donors (Lipinski definition) is 2. The zero-order chi connectivity index (χ0) is 9.80. The summed E-state index contributed by atoms with van der Waals surface area (Å²) in [5.41, 5.74) is 5.87. The van der Waals surface area contributed by atoms with E-state index in [4.69, 9.17) is 10.5 Å². The molecule has 1 aliphatic carbocycles. The minimum Gasteiger partial charge on any atom is -0.380 e. The summed E-state index contributed by atoms with van der Waals surface area (Å²) < 4.78 is 5.33. The summed E-state index contributed by atoms with van der Waals surface area (Å²) in [5.74, 6) is 0.857. The molecule has 3 nitrogen and oxygen atoms in total. The summed E-state index contributed by atoms with van der Waals surface area (Å²) >= 11 is 0. The number of hydrogen-bond acceptors (Lipinski definition) is 3. The standard InChI is InChI=1S/C11H22N2O/c12-10-3-1-9(2-4-10)7-13-11-5-6-14-8-11/h9-11,13H,1-8,12H2. The van der Waals surface area contributed by atoms with E-state index in [1.807, 2.05) is 0 Å². The summed E-state index contributed by atoms with van der Waals surface area (Å²) in [5, 5.41) is 3.60. The van der Waals surface area contributed by atoms with E-state index in [9.17, 15) is 0 Å². The van der Waals surface area contributed by atoms with Gasteiger partial charge in [-0.2, -0.15) is 0 Å². The quantitative estimate of drug-likeness (QED) is 0.708. The lowest BCUT2D eigenvalue weighted by Crippen LogP contribution is -2.36. The third-order valence-electron chi connectivity index (χ3n) is 3.52. The first kappa shape index (κ1) is 10.4. The van der Waals surface area contributed by atoms with Crippen molar-refractivity contribution in [3.05, 3.63) is 0 Å². The predicted octanol–water partition coefficient (Wildman–Crippen LogP) is 0.882. The minimum atomic E-state index is 0.473. The Morgan fingerprint density at radius 2 is 1.93 bits per heavy atom. The Labute approximate surface area is 86.4 Å². The molecule has 0 bridgehead atoms. The molecule has 1 saturated heterocycles. The van der Waals surface area contributed by atoms with Crippen molar-refractivity contribution in [1.29, 1.82) is 0 Å². The molecule has 3 N–H and O–H groups in total. The van der Waals surface area contributed by atoms with E-state index in [0.29, 0.717) is 12.1 Å². The van der Waals surface area contributed by atoms with Gasteiger partial charge in [0.05, 0.1) is 6.61 Å². The normalized spacial score (nSPS) is 38.8. The van der Waals surface area contributed by atoms with Crippen LogP contribution in [0.25, 0.3) is 0 Å². The number of nitrogens with one attached hydrogen (secondary N) is 1. The van der Waals surface area contributed by atoms with Gasteiger partial charge in [0.15, 0.2) is 0 Å². The zero-order valence-electron chi connectivity index (χ0n) is 8.87. The monoisotopic (exact) mass is 198 g/mol. The average Bonchev–Trinajstić information content (AvgIpc) is 2.70. The van der Waals surface area contributed by atoms with E-state index in [2.05, 4.69) is 5.32 Å². The van der Waals surface area contributed by atoms with Crippen molar-refractivity contribution < 1.29 is 4.74 Å². The van der Waals surface area contributed by atoms with Gasteiger partial charge in [0.25, 0.3) is 0 Å². The second kappa shape index (κ2) is 5.10. The van der Waals surface area contributed by atoms with E-state index in [1.54, 1.807) is 0 Å². The van der Waals surface area contributed by atoms with Gasteiger partial charge in [0.1, 0.15) is 0 Å². The van der Waals surface area contributed by atoms with Crippen LogP contribution >= 0.6 is 0 Å². The Morgan fingerprint density at radius 1 is 1.14 bits per heavy atom. The Morgan fingerprint density at radius 3 is 2.57 bits per heavy atom. The van der Waals surface area contributed by atoms with Gasteiger partial charge in [0, 0.05) is 18.7 Å². The molecule has 0 aromatic heterocycles. The summed E-state index contributed by atoms with van der Waals surface area (Å²) in [4.78, 5) is 0. The first-order chi connectivity index (χ1) is 6.84. The molecule has 2 aliphatic rings. The molecule has 2 fully saturated rings. The molecule has 1 aliphatic heterocycles. The summed E-state index contributed by atoms with van der Waals surface area (Å²) in [6.45, 7) is 3.01. The highest BCUT2D eigenvalue weighted by Gasteiger charge is 2.20. The van der Waals surface area contributed by atoms with Gasteiger partial charge < -0.3 is 15.8 Å². The molecule has 14 heavy (non-hydrogen) atoms. The van der Waals surface area contributed by atoms with Crippen LogP contribution in [0.15, 0.2) is 0 Å². The van der Waals surface area contributed by atoms with Gasteiger partial charge in [-0.05, 0) is 44.6 Å². The number of nitrogens with two attached hydrogens (primary N) is 1. The van der Waals surface area contributed by atoms with Crippen molar-refractivity contribution in [2.45, 2.75) is 44.2 Å². The summed E-state index contributed by atoms with van der Waals surface area (Å²) in [6, 6.07) is 1.09. The maximum Gasteiger partial charge on any atom is 0.0620 e. The summed E-state index contributed by atoms with van der Waals surface area (Å²) in [7, 11) is 0. The molecule has 82 valence electrons. The molecule has 0 amide bonds. The van der Waals surface area contributed by atoms with Crippen LogP contribution in [0, 0.1) is 5.92 Å². The Bertz CT molecular complexity index is 161. The average molecular weight is 198 g/mol. The van der Waals surface area contributed by atoms with E-state index >= 15 is 0 Å². The van der Waals surface area contributed by atoms with Crippen LogP contribution in [-0.4, -0.2) is 31.8 Å². The molecule has 0 aromatic carbocycles. The van der Waals surface area contributed by atoms with Crippen LogP contribution in [0.4, 0.5) is 0 Å². The Kier molecular flexibility index (Phi) is 3.79. The lowest BCUT2D eigenvalue weighted by molar-refractivity contribution is 0.188. The van der Waals surface area contributed by atoms with Gasteiger partial charge in [-0.1, -0.05) is 0 Å².